The highest BCUT2D eigenvalue weighted by atomic mass is 16.5. The summed E-state index contributed by atoms with van der Waals surface area (Å²) in [4.78, 5) is 11.1. The number of benzene rings is 1. The van der Waals surface area contributed by atoms with Crippen LogP contribution in [0.15, 0.2) is 24.3 Å². The molecule has 0 amide bonds. The van der Waals surface area contributed by atoms with Gasteiger partial charge in [-0.15, -0.1) is 0 Å². The van der Waals surface area contributed by atoms with E-state index in [-0.39, 0.29) is 0 Å². The monoisotopic (exact) mass is 212 g/mol. The molecule has 0 aliphatic heterocycles. The highest BCUT2D eigenvalue weighted by molar-refractivity contribution is 5.89. The molecular formula is C14H12O2. The maximum absolute atomic E-state index is 11.1. The molecule has 2 nitrogen and oxygen atoms in total. The van der Waals surface area contributed by atoms with Crippen molar-refractivity contribution in [2.75, 3.05) is 6.61 Å². The predicted octanol–water partition coefficient (Wildman–Crippen LogP) is 2.17. The van der Waals surface area contributed by atoms with Gasteiger partial charge >= 0.3 is 5.97 Å². The number of hydrogen-bond donors (Lipinski definition) is 0. The molecular weight excluding hydrogens is 200 g/mol. The molecule has 0 unspecified atom stereocenters. The molecule has 1 aliphatic carbocycles. The van der Waals surface area contributed by atoms with Crippen LogP contribution in [0.4, 0.5) is 0 Å². The van der Waals surface area contributed by atoms with E-state index >= 15 is 0 Å². The van der Waals surface area contributed by atoms with Gasteiger partial charge in [-0.3, -0.25) is 0 Å². The van der Waals surface area contributed by atoms with Crippen LogP contribution in [-0.4, -0.2) is 12.6 Å². The summed E-state index contributed by atoms with van der Waals surface area (Å²) in [6.45, 7) is 2.13. The molecule has 0 atom stereocenters. The summed E-state index contributed by atoms with van der Waals surface area (Å²) in [6, 6.07) is 5.93. The van der Waals surface area contributed by atoms with Gasteiger partial charge in [0.15, 0.2) is 0 Å². The van der Waals surface area contributed by atoms with Crippen LogP contribution in [0.1, 0.15) is 23.6 Å². The topological polar surface area (TPSA) is 26.3 Å². The molecule has 0 fully saturated rings. The molecule has 2 rings (SSSR count). The number of esters is 1. The number of hydrogen-bond acceptors (Lipinski definition) is 2. The lowest BCUT2D eigenvalue weighted by molar-refractivity contribution is -0.136. The van der Waals surface area contributed by atoms with E-state index in [4.69, 9.17) is 4.74 Å². The van der Waals surface area contributed by atoms with Crippen molar-refractivity contribution in [1.82, 2.24) is 0 Å². The van der Waals surface area contributed by atoms with E-state index in [2.05, 4.69) is 24.0 Å². The number of carbonyl (C=O) groups is 1. The molecule has 0 aromatic heterocycles. The Kier molecular flexibility index (Phi) is 3.07. The summed E-state index contributed by atoms with van der Waals surface area (Å²) in [5, 5.41) is 0. The molecule has 0 heterocycles. The maximum Gasteiger partial charge on any atom is 0.384 e. The molecule has 0 saturated carbocycles. The van der Waals surface area contributed by atoms with Gasteiger partial charge in [0.25, 0.3) is 0 Å². The first kappa shape index (κ1) is 10.5. The first-order chi connectivity index (χ1) is 7.81. The van der Waals surface area contributed by atoms with Crippen LogP contribution >= 0.6 is 0 Å². The third-order valence-electron chi connectivity index (χ3n) is 2.41. The van der Waals surface area contributed by atoms with Crippen molar-refractivity contribution < 1.29 is 9.53 Å². The van der Waals surface area contributed by atoms with Crippen LogP contribution in [0.3, 0.4) is 0 Å². The van der Waals surface area contributed by atoms with Gasteiger partial charge in [-0.2, -0.15) is 0 Å². The maximum atomic E-state index is 11.1. The van der Waals surface area contributed by atoms with Crippen molar-refractivity contribution >= 4 is 12.0 Å². The van der Waals surface area contributed by atoms with Crippen molar-refractivity contribution in [3.05, 3.63) is 41.0 Å². The minimum Gasteiger partial charge on any atom is -0.456 e. The highest BCUT2D eigenvalue weighted by Gasteiger charge is 2.07. The van der Waals surface area contributed by atoms with Crippen molar-refractivity contribution in [2.24, 2.45) is 0 Å². The van der Waals surface area contributed by atoms with Crippen LogP contribution in [-0.2, 0) is 16.0 Å². The normalized spacial score (nSPS) is 11.6. The van der Waals surface area contributed by atoms with Gasteiger partial charge in [0, 0.05) is 11.5 Å². The van der Waals surface area contributed by atoms with E-state index in [1.807, 2.05) is 18.2 Å². The predicted molar refractivity (Wildman–Crippen MR) is 62.7 cm³/mol. The number of allylic oxidation sites excluding steroid dienone is 1. The second-order valence-electron chi connectivity index (χ2n) is 3.45. The van der Waals surface area contributed by atoms with E-state index in [1.165, 1.54) is 11.1 Å². The molecule has 0 spiro atoms. The van der Waals surface area contributed by atoms with Gasteiger partial charge in [0.05, 0.1) is 6.61 Å². The molecule has 2 heteroatoms. The Balaban J connectivity index is 2.23. The fraction of sp³-hybridized carbons (Fsp3) is 0.214. The standard InChI is InChI=1S/C14H12O2/c1-2-16-14(15)10-9-12-6-3-5-11-7-4-8-13(11)12/h3-7H,2,8H2,1H3. The second-order valence-corrected chi connectivity index (χ2v) is 3.45. The first-order valence-corrected chi connectivity index (χ1v) is 5.28. The SMILES string of the molecule is CCOC(=O)C#Cc1cccc2c1CC=C2. The lowest BCUT2D eigenvalue weighted by Gasteiger charge is -2.00. The second kappa shape index (κ2) is 4.67. The van der Waals surface area contributed by atoms with Gasteiger partial charge in [-0.05, 0) is 30.5 Å². The molecule has 1 aliphatic rings. The molecule has 0 saturated heterocycles. The largest absolute Gasteiger partial charge is 0.456 e. The van der Waals surface area contributed by atoms with Gasteiger partial charge in [-0.25, -0.2) is 4.79 Å². The van der Waals surface area contributed by atoms with E-state index in [9.17, 15) is 4.79 Å². The number of rotatable bonds is 1. The molecule has 1 aromatic carbocycles. The third kappa shape index (κ3) is 2.14. The van der Waals surface area contributed by atoms with Crippen LogP contribution in [0.25, 0.3) is 6.08 Å². The Bertz CT molecular complexity index is 501. The fourth-order valence-corrected chi connectivity index (χ4v) is 1.70. The van der Waals surface area contributed by atoms with Gasteiger partial charge < -0.3 is 4.74 Å². The Hall–Kier alpha value is -2.01. The number of carbonyl (C=O) groups excluding carboxylic acids is 1. The molecule has 0 N–H and O–H groups in total. The molecule has 0 bridgehead atoms. The quantitative estimate of drug-likeness (QED) is 0.526. The smallest absolute Gasteiger partial charge is 0.384 e. The van der Waals surface area contributed by atoms with Crippen LogP contribution < -0.4 is 0 Å². The summed E-state index contributed by atoms with van der Waals surface area (Å²) >= 11 is 0. The van der Waals surface area contributed by atoms with Crippen LogP contribution in [0, 0.1) is 11.8 Å². The minimum atomic E-state index is -0.467. The Morgan fingerprint density at radius 1 is 1.50 bits per heavy atom. The summed E-state index contributed by atoms with van der Waals surface area (Å²) in [6.07, 6.45) is 5.06. The van der Waals surface area contributed by atoms with Crippen LogP contribution in [0.5, 0.6) is 0 Å². The van der Waals surface area contributed by atoms with E-state index < -0.39 is 5.97 Å². The summed E-state index contributed by atoms with van der Waals surface area (Å²) in [7, 11) is 0. The molecule has 1 aromatic rings. The van der Waals surface area contributed by atoms with Crippen molar-refractivity contribution in [3.63, 3.8) is 0 Å². The Labute approximate surface area is 94.9 Å². The first-order valence-electron chi connectivity index (χ1n) is 5.28. The zero-order valence-corrected chi connectivity index (χ0v) is 9.12. The number of ether oxygens (including phenoxy) is 1. The van der Waals surface area contributed by atoms with Crippen molar-refractivity contribution in [2.45, 2.75) is 13.3 Å². The molecule has 0 radical (unpaired) electrons. The Morgan fingerprint density at radius 3 is 3.19 bits per heavy atom. The summed E-state index contributed by atoms with van der Waals surface area (Å²) in [5.74, 6) is 4.89. The van der Waals surface area contributed by atoms with Gasteiger partial charge in [-0.1, -0.05) is 30.2 Å². The van der Waals surface area contributed by atoms with Gasteiger partial charge in [0.2, 0.25) is 0 Å². The van der Waals surface area contributed by atoms with Crippen LogP contribution in [0.2, 0.25) is 0 Å². The van der Waals surface area contributed by atoms with E-state index in [0.29, 0.717) is 6.61 Å². The lowest BCUT2D eigenvalue weighted by Crippen LogP contribution is -2.00. The van der Waals surface area contributed by atoms with Crippen molar-refractivity contribution in [3.8, 4) is 11.8 Å². The zero-order valence-electron chi connectivity index (χ0n) is 9.12. The lowest BCUT2D eigenvalue weighted by atomic mass is 10.0. The Morgan fingerprint density at radius 2 is 2.38 bits per heavy atom. The van der Waals surface area contributed by atoms with E-state index in [1.54, 1.807) is 6.92 Å². The zero-order chi connectivity index (χ0) is 11.4. The average Bonchev–Trinajstić information content (AvgIpc) is 2.75. The number of fused-ring (bicyclic) bond motifs is 1. The van der Waals surface area contributed by atoms with Gasteiger partial charge in [0.1, 0.15) is 0 Å². The van der Waals surface area contributed by atoms with Crippen molar-refractivity contribution in [1.29, 1.82) is 0 Å². The molecule has 16 heavy (non-hydrogen) atoms. The van der Waals surface area contributed by atoms with E-state index in [0.717, 1.165) is 12.0 Å². The third-order valence-corrected chi connectivity index (χ3v) is 2.41. The summed E-state index contributed by atoms with van der Waals surface area (Å²) < 4.78 is 4.75. The highest BCUT2D eigenvalue weighted by Crippen LogP contribution is 2.22. The summed E-state index contributed by atoms with van der Waals surface area (Å²) in [5.41, 5.74) is 3.30. The molecule has 80 valence electrons. The fourth-order valence-electron chi connectivity index (χ4n) is 1.70. The average molecular weight is 212 g/mol. The minimum absolute atomic E-state index is 0.363.